The van der Waals surface area contributed by atoms with Gasteiger partial charge in [-0.2, -0.15) is 4.39 Å². The van der Waals surface area contributed by atoms with Gasteiger partial charge in [0.25, 0.3) is 11.5 Å². The molecule has 0 bridgehead atoms. The molecule has 14 nitrogen and oxygen atoms in total. The second kappa shape index (κ2) is 8.90. The van der Waals surface area contributed by atoms with Crippen molar-refractivity contribution in [1.82, 2.24) is 9.55 Å². The smallest absolute Gasteiger partial charge is 0.364 e. The van der Waals surface area contributed by atoms with E-state index in [4.69, 9.17) is 30.0 Å². The van der Waals surface area contributed by atoms with Crippen LogP contribution in [0, 0.1) is 5.95 Å². The first-order chi connectivity index (χ1) is 11.8. The fraction of sp³-hybridized carbons (Fsp3) is 0.444. The van der Waals surface area contributed by atoms with E-state index in [2.05, 4.69) is 14.0 Å². The molecule has 1 amide bonds. The highest BCUT2D eigenvalue weighted by Crippen LogP contribution is 2.38. The number of aromatic nitrogens is 2. The van der Waals surface area contributed by atoms with Crippen molar-refractivity contribution in [3.8, 4) is 0 Å². The summed E-state index contributed by atoms with van der Waals surface area (Å²) in [5.41, 5.74) is 2.80. The predicted octanol–water partition coefficient (Wildman–Crippen LogP) is -1.96. The van der Waals surface area contributed by atoms with Crippen molar-refractivity contribution in [3.63, 3.8) is 0 Å². The quantitative estimate of drug-likeness (QED) is 0.260. The van der Waals surface area contributed by atoms with E-state index in [0.717, 1.165) is 0 Å². The Bertz CT molecular complexity index is 777. The van der Waals surface area contributed by atoms with Crippen LogP contribution in [0.3, 0.4) is 0 Å². The van der Waals surface area contributed by atoms with Crippen LogP contribution in [-0.2, 0) is 29.6 Å². The normalized spacial score (nSPS) is 12.5. The Labute approximate surface area is 143 Å². The average Bonchev–Trinajstić information content (AvgIpc) is 2.46. The molecule has 0 aliphatic carbocycles. The molecule has 6 N–H and O–H groups in total. The zero-order chi connectivity index (χ0) is 20.1. The minimum Gasteiger partial charge on any atom is -0.364 e. The highest BCUT2D eigenvalue weighted by atomic mass is 31.2. The molecule has 0 aliphatic rings. The third-order valence-electron chi connectivity index (χ3n) is 2.48. The minimum absolute atomic E-state index is 0.504. The molecule has 0 aliphatic heterocycles. The fourth-order valence-electron chi connectivity index (χ4n) is 1.45. The number of hydrogen-bond acceptors (Lipinski definition) is 8. The maximum atomic E-state index is 13.3. The van der Waals surface area contributed by atoms with Gasteiger partial charge < -0.3 is 30.0 Å². The van der Waals surface area contributed by atoms with Crippen LogP contribution in [0.4, 0.5) is 4.39 Å². The van der Waals surface area contributed by atoms with Crippen molar-refractivity contribution >= 4 is 21.6 Å². The zero-order valence-corrected chi connectivity index (χ0v) is 14.5. The van der Waals surface area contributed by atoms with E-state index in [9.17, 15) is 23.1 Å². The standard InChI is InChI=1S/C9H14FN3O11P2/c10-6-1-13(9(15)7(12-6)8(11)14)4-22-5(2-23-25(16,17)18)3-24-26(19,20)21/h1,5H,2-4H2,(H2,11,14)(H2,16,17,18)(H2,19,20,21). The van der Waals surface area contributed by atoms with E-state index in [1.165, 1.54) is 0 Å². The maximum absolute atomic E-state index is 13.3. The molecule has 0 radical (unpaired) electrons. The van der Waals surface area contributed by atoms with Crippen molar-refractivity contribution in [2.45, 2.75) is 12.8 Å². The summed E-state index contributed by atoms with van der Waals surface area (Å²) in [5.74, 6) is -2.56. The van der Waals surface area contributed by atoms with Gasteiger partial charge in [-0.3, -0.25) is 23.2 Å². The molecule has 0 saturated carbocycles. The Balaban J connectivity index is 2.91. The third kappa shape index (κ3) is 8.23. The summed E-state index contributed by atoms with van der Waals surface area (Å²) >= 11 is 0. The number of primary amides is 1. The van der Waals surface area contributed by atoms with E-state index < -0.39 is 64.8 Å². The number of phosphoric ester groups is 2. The summed E-state index contributed by atoms with van der Waals surface area (Å²) in [6.45, 7) is -2.59. The van der Waals surface area contributed by atoms with Crippen molar-refractivity contribution in [1.29, 1.82) is 0 Å². The minimum atomic E-state index is -4.95. The number of amides is 1. The summed E-state index contributed by atoms with van der Waals surface area (Å²) in [5, 5.41) is 0. The zero-order valence-electron chi connectivity index (χ0n) is 12.7. The van der Waals surface area contributed by atoms with E-state index in [-0.39, 0.29) is 0 Å². The van der Waals surface area contributed by atoms with Crippen molar-refractivity contribution in [2.24, 2.45) is 5.73 Å². The molecule has 0 aromatic carbocycles. The van der Waals surface area contributed by atoms with Crippen LogP contribution in [0.5, 0.6) is 0 Å². The number of phosphoric acid groups is 2. The highest BCUT2D eigenvalue weighted by Gasteiger charge is 2.23. The predicted molar refractivity (Wildman–Crippen MR) is 77.8 cm³/mol. The van der Waals surface area contributed by atoms with Crippen LogP contribution in [0.1, 0.15) is 10.5 Å². The van der Waals surface area contributed by atoms with E-state index >= 15 is 0 Å². The second-order valence-electron chi connectivity index (χ2n) is 4.54. The molecule has 17 heteroatoms. The molecule has 0 spiro atoms. The molecule has 1 heterocycles. The maximum Gasteiger partial charge on any atom is 0.469 e. The molecule has 0 unspecified atom stereocenters. The Hall–Kier alpha value is -1.54. The summed E-state index contributed by atoms with van der Waals surface area (Å²) in [4.78, 5) is 60.4. The van der Waals surface area contributed by atoms with Crippen LogP contribution < -0.4 is 11.3 Å². The van der Waals surface area contributed by atoms with Gasteiger partial charge in [0.15, 0.2) is 5.69 Å². The van der Waals surface area contributed by atoms with Crippen LogP contribution in [-0.4, -0.2) is 54.3 Å². The Morgan fingerprint density at radius 2 is 1.73 bits per heavy atom. The average molecular weight is 421 g/mol. The molecular weight excluding hydrogens is 407 g/mol. The SMILES string of the molecule is NC(=O)c1nc(F)cn(COC(COP(=O)(O)O)COP(=O)(O)O)c1=O. The first-order valence-electron chi connectivity index (χ1n) is 6.37. The summed E-state index contributed by atoms with van der Waals surface area (Å²) in [6, 6.07) is 0. The Morgan fingerprint density at radius 1 is 1.23 bits per heavy atom. The number of halogens is 1. The number of ether oxygens (including phenoxy) is 1. The number of rotatable bonds is 10. The summed E-state index contributed by atoms with van der Waals surface area (Å²) in [6.07, 6.45) is -0.949. The lowest BCUT2D eigenvalue weighted by Gasteiger charge is -2.19. The van der Waals surface area contributed by atoms with Crippen LogP contribution in [0.25, 0.3) is 0 Å². The highest BCUT2D eigenvalue weighted by molar-refractivity contribution is 7.46. The van der Waals surface area contributed by atoms with Gasteiger partial charge in [0.1, 0.15) is 12.8 Å². The van der Waals surface area contributed by atoms with Crippen LogP contribution >= 0.6 is 15.6 Å². The van der Waals surface area contributed by atoms with Gasteiger partial charge in [0, 0.05) is 0 Å². The first kappa shape index (κ1) is 22.5. The summed E-state index contributed by atoms with van der Waals surface area (Å²) < 4.78 is 48.4. The lowest BCUT2D eigenvalue weighted by atomic mass is 10.4. The molecule has 1 rings (SSSR count). The topological polar surface area (TPSA) is 221 Å². The fourth-order valence-corrected chi connectivity index (χ4v) is 2.17. The monoisotopic (exact) mass is 421 g/mol. The lowest BCUT2D eigenvalue weighted by Crippen LogP contribution is -2.34. The number of hydrogen-bond donors (Lipinski definition) is 5. The van der Waals surface area contributed by atoms with Gasteiger partial charge in [-0.15, -0.1) is 0 Å². The molecule has 26 heavy (non-hydrogen) atoms. The number of nitrogens with zero attached hydrogens (tertiary/aromatic N) is 2. The molecular formula is C9H14FN3O11P2. The third-order valence-corrected chi connectivity index (χ3v) is 3.46. The number of nitrogens with two attached hydrogens (primary N) is 1. The molecule has 148 valence electrons. The lowest BCUT2D eigenvalue weighted by molar-refractivity contribution is -0.0493. The number of carbonyl (C=O) groups is 1. The van der Waals surface area contributed by atoms with E-state index in [0.29, 0.717) is 10.8 Å². The Kier molecular flexibility index (Phi) is 7.70. The van der Waals surface area contributed by atoms with Gasteiger partial charge in [0.05, 0.1) is 19.4 Å². The second-order valence-corrected chi connectivity index (χ2v) is 7.02. The van der Waals surface area contributed by atoms with E-state index in [1.807, 2.05) is 0 Å². The van der Waals surface area contributed by atoms with Crippen LogP contribution in [0.15, 0.2) is 11.0 Å². The van der Waals surface area contributed by atoms with Gasteiger partial charge in [0.2, 0.25) is 5.95 Å². The van der Waals surface area contributed by atoms with Gasteiger partial charge in [-0.05, 0) is 0 Å². The Morgan fingerprint density at radius 3 is 2.15 bits per heavy atom. The molecule has 1 aromatic rings. The van der Waals surface area contributed by atoms with Crippen molar-refractivity contribution in [3.05, 3.63) is 28.2 Å². The molecule has 0 saturated heterocycles. The van der Waals surface area contributed by atoms with Crippen molar-refractivity contribution in [2.75, 3.05) is 13.2 Å². The van der Waals surface area contributed by atoms with Gasteiger partial charge in [-0.25, -0.2) is 14.1 Å². The molecule has 0 atom stereocenters. The van der Waals surface area contributed by atoms with Crippen LogP contribution in [0.2, 0.25) is 0 Å². The van der Waals surface area contributed by atoms with E-state index in [1.54, 1.807) is 0 Å². The van der Waals surface area contributed by atoms with Gasteiger partial charge in [-0.1, -0.05) is 0 Å². The summed E-state index contributed by atoms with van der Waals surface area (Å²) in [7, 11) is -9.89. The molecule has 1 aromatic heterocycles. The largest absolute Gasteiger partial charge is 0.469 e. The number of carbonyl (C=O) groups excluding carboxylic acids is 1. The molecule has 0 fully saturated rings. The van der Waals surface area contributed by atoms with Crippen molar-refractivity contribution < 1.29 is 51.7 Å². The first-order valence-corrected chi connectivity index (χ1v) is 9.43. The van der Waals surface area contributed by atoms with Gasteiger partial charge >= 0.3 is 15.6 Å².